The number of hydrogen-bond donors (Lipinski definition) is 3. The summed E-state index contributed by atoms with van der Waals surface area (Å²) in [6.07, 6.45) is 0.833. The molecule has 0 rings (SSSR count). The van der Waals surface area contributed by atoms with Gasteiger partial charge in [0.2, 0.25) is 0 Å². The van der Waals surface area contributed by atoms with Crippen molar-refractivity contribution in [2.75, 3.05) is 14.2 Å². The van der Waals surface area contributed by atoms with Crippen LogP contribution in [0.3, 0.4) is 0 Å². The summed E-state index contributed by atoms with van der Waals surface area (Å²) in [5.74, 6) is -0.981. The molecule has 56 valence electrons. The van der Waals surface area contributed by atoms with Crippen molar-refractivity contribution in [3.05, 3.63) is 12.7 Å². The zero-order valence-corrected chi connectivity index (χ0v) is 5.53. The smallest absolute Gasteiger partial charge is 0.327 e. The van der Waals surface area contributed by atoms with Crippen molar-refractivity contribution in [1.82, 2.24) is 0 Å². The molecule has 0 aromatic heterocycles. The van der Waals surface area contributed by atoms with Crippen LogP contribution in [-0.2, 0) is 4.79 Å². The summed E-state index contributed by atoms with van der Waals surface area (Å²) in [5, 5.41) is 21.6. The lowest BCUT2D eigenvalue weighted by atomic mass is 10.7. The van der Waals surface area contributed by atoms with E-state index in [4.69, 9.17) is 15.3 Å². The quantitative estimate of drug-likeness (QED) is 0.423. The van der Waals surface area contributed by atoms with Crippen molar-refractivity contribution in [1.29, 1.82) is 0 Å². The van der Waals surface area contributed by atoms with Crippen LogP contribution in [0.25, 0.3) is 0 Å². The molecule has 0 bridgehead atoms. The fourth-order valence-electron chi connectivity index (χ4n) is 0. The van der Waals surface area contributed by atoms with Crippen molar-refractivity contribution in [3.8, 4) is 0 Å². The highest BCUT2D eigenvalue weighted by atomic mass is 16.4. The van der Waals surface area contributed by atoms with E-state index in [0.29, 0.717) is 0 Å². The monoisotopic (exact) mass is 136 g/mol. The molecule has 0 amide bonds. The molecule has 9 heavy (non-hydrogen) atoms. The number of carboxylic acids is 1. The van der Waals surface area contributed by atoms with E-state index in [1.807, 2.05) is 0 Å². The van der Waals surface area contributed by atoms with Crippen molar-refractivity contribution in [2.45, 2.75) is 0 Å². The van der Waals surface area contributed by atoms with Crippen LogP contribution in [0.5, 0.6) is 0 Å². The van der Waals surface area contributed by atoms with E-state index >= 15 is 0 Å². The summed E-state index contributed by atoms with van der Waals surface area (Å²) in [7, 11) is 2.00. The number of hydrogen-bond acceptors (Lipinski definition) is 3. The summed E-state index contributed by atoms with van der Waals surface area (Å²) in [4.78, 5) is 9.25. The van der Waals surface area contributed by atoms with E-state index in [-0.39, 0.29) is 0 Å². The van der Waals surface area contributed by atoms with Gasteiger partial charge in [0.25, 0.3) is 0 Å². The highest BCUT2D eigenvalue weighted by Crippen LogP contribution is 1.54. The average molecular weight is 136 g/mol. The summed E-state index contributed by atoms with van der Waals surface area (Å²) < 4.78 is 0. The third-order valence-corrected chi connectivity index (χ3v) is 0.175. The number of carboxylic acid groups (broad SMARTS) is 1. The predicted molar refractivity (Wildman–Crippen MR) is 34.1 cm³/mol. The number of carbonyl (C=O) groups is 1. The molecule has 0 aliphatic heterocycles. The van der Waals surface area contributed by atoms with Gasteiger partial charge < -0.3 is 15.3 Å². The molecule has 0 aliphatic rings. The van der Waals surface area contributed by atoms with Crippen LogP contribution in [0.2, 0.25) is 0 Å². The van der Waals surface area contributed by atoms with Crippen LogP contribution in [0, 0.1) is 0 Å². The van der Waals surface area contributed by atoms with Crippen LogP contribution in [0.15, 0.2) is 12.7 Å². The maximum atomic E-state index is 9.25. The Morgan fingerprint density at radius 3 is 1.44 bits per heavy atom. The molecule has 0 fully saturated rings. The minimum atomic E-state index is -0.981. The molecule has 4 heteroatoms. The van der Waals surface area contributed by atoms with Crippen LogP contribution < -0.4 is 0 Å². The van der Waals surface area contributed by atoms with Gasteiger partial charge >= 0.3 is 5.97 Å². The Kier molecular flexibility index (Phi) is 47.7. The Labute approximate surface area is 54.1 Å². The second kappa shape index (κ2) is 27.3. The van der Waals surface area contributed by atoms with E-state index in [1.165, 1.54) is 0 Å². The number of aliphatic carboxylic acids is 1. The molecule has 3 N–H and O–H groups in total. The first-order chi connectivity index (χ1) is 4.27. The van der Waals surface area contributed by atoms with Crippen molar-refractivity contribution in [2.24, 2.45) is 0 Å². The van der Waals surface area contributed by atoms with Crippen LogP contribution in [0.1, 0.15) is 0 Å². The van der Waals surface area contributed by atoms with Crippen molar-refractivity contribution >= 4 is 5.97 Å². The molecule has 0 aliphatic carbocycles. The van der Waals surface area contributed by atoms with Gasteiger partial charge in [0.05, 0.1) is 0 Å². The van der Waals surface area contributed by atoms with Crippen molar-refractivity contribution < 1.29 is 20.1 Å². The molecule has 0 atom stereocenters. The highest BCUT2D eigenvalue weighted by molar-refractivity contribution is 5.78. The molecular weight excluding hydrogens is 124 g/mol. The largest absolute Gasteiger partial charge is 0.478 e. The number of aliphatic hydroxyl groups is 2. The third kappa shape index (κ3) is 147. The van der Waals surface area contributed by atoms with Gasteiger partial charge in [-0.2, -0.15) is 0 Å². The maximum absolute atomic E-state index is 9.25. The molecule has 0 saturated carbocycles. The zero-order chi connectivity index (χ0) is 8.28. The fraction of sp³-hybridized carbons (Fsp3) is 0.400. The first-order valence-electron chi connectivity index (χ1n) is 2.02. The Morgan fingerprint density at radius 2 is 1.44 bits per heavy atom. The maximum Gasteiger partial charge on any atom is 0.327 e. The van der Waals surface area contributed by atoms with Crippen LogP contribution >= 0.6 is 0 Å². The van der Waals surface area contributed by atoms with Crippen molar-refractivity contribution in [3.63, 3.8) is 0 Å². The molecule has 0 aromatic carbocycles. The normalized spacial score (nSPS) is 4.89. The topological polar surface area (TPSA) is 77.8 Å². The van der Waals surface area contributed by atoms with E-state index < -0.39 is 5.97 Å². The molecule has 4 nitrogen and oxygen atoms in total. The minimum Gasteiger partial charge on any atom is -0.478 e. The first kappa shape index (κ1) is 15.7. The van der Waals surface area contributed by atoms with Crippen LogP contribution in [-0.4, -0.2) is 35.5 Å². The lowest BCUT2D eigenvalue weighted by molar-refractivity contribution is -0.131. The van der Waals surface area contributed by atoms with Gasteiger partial charge in [-0.1, -0.05) is 6.58 Å². The second-order valence-electron chi connectivity index (χ2n) is 0.542. The highest BCUT2D eigenvalue weighted by Gasteiger charge is 1.73. The summed E-state index contributed by atoms with van der Waals surface area (Å²) in [6.45, 7) is 2.96. The van der Waals surface area contributed by atoms with Gasteiger partial charge in [-0.25, -0.2) is 4.79 Å². The molecule has 0 saturated heterocycles. The molecule has 0 heterocycles. The molecular formula is C5H12O4. The van der Waals surface area contributed by atoms with Gasteiger partial charge in [0, 0.05) is 20.3 Å². The van der Waals surface area contributed by atoms with Gasteiger partial charge in [0.1, 0.15) is 0 Å². The second-order valence-corrected chi connectivity index (χ2v) is 0.542. The van der Waals surface area contributed by atoms with E-state index in [1.54, 1.807) is 0 Å². The van der Waals surface area contributed by atoms with E-state index in [9.17, 15) is 4.79 Å². The SMILES string of the molecule is C=CC(=O)O.CO.CO. The lowest BCUT2D eigenvalue weighted by Gasteiger charge is -1.64. The first-order valence-corrected chi connectivity index (χ1v) is 2.02. The molecule has 0 unspecified atom stereocenters. The Balaban J connectivity index is -0.0000000771. The zero-order valence-electron chi connectivity index (χ0n) is 5.53. The van der Waals surface area contributed by atoms with Gasteiger partial charge in [-0.05, 0) is 0 Å². The summed E-state index contributed by atoms with van der Waals surface area (Å²) in [6, 6.07) is 0. The standard InChI is InChI=1S/C3H4O2.2CH4O/c1-2-3(4)5;2*1-2/h2H,1H2,(H,4,5);2*2H,1H3. The minimum absolute atomic E-state index is 0.833. The Hall–Kier alpha value is -0.870. The average Bonchev–Trinajstić information content (AvgIpc) is 1.97. The third-order valence-electron chi connectivity index (χ3n) is 0.175. The van der Waals surface area contributed by atoms with E-state index in [0.717, 1.165) is 20.3 Å². The molecule has 0 spiro atoms. The summed E-state index contributed by atoms with van der Waals surface area (Å²) >= 11 is 0. The lowest BCUT2D eigenvalue weighted by Crippen LogP contribution is -1.82. The van der Waals surface area contributed by atoms with E-state index in [2.05, 4.69) is 6.58 Å². The van der Waals surface area contributed by atoms with Crippen LogP contribution in [0.4, 0.5) is 0 Å². The fourth-order valence-corrected chi connectivity index (χ4v) is 0. The molecule has 0 aromatic rings. The van der Waals surface area contributed by atoms with Gasteiger partial charge in [-0.15, -0.1) is 0 Å². The molecule has 0 radical (unpaired) electrons. The Bertz CT molecular complexity index is 60.0. The number of rotatable bonds is 1. The summed E-state index contributed by atoms with van der Waals surface area (Å²) in [5.41, 5.74) is 0. The number of aliphatic hydroxyl groups excluding tert-OH is 2. The van der Waals surface area contributed by atoms with Gasteiger partial charge in [-0.3, -0.25) is 0 Å². The Morgan fingerprint density at radius 1 is 1.33 bits per heavy atom. The predicted octanol–water partition coefficient (Wildman–Crippen LogP) is -0.526. The van der Waals surface area contributed by atoms with Gasteiger partial charge in [0.15, 0.2) is 0 Å².